The highest BCUT2D eigenvalue weighted by atomic mass is 16.5. The lowest BCUT2D eigenvalue weighted by molar-refractivity contribution is -0.133. The van der Waals surface area contributed by atoms with Crippen LogP contribution in [0.5, 0.6) is 0 Å². The summed E-state index contributed by atoms with van der Waals surface area (Å²) in [5, 5.41) is 0. The number of ether oxygens (including phenoxy) is 2. The zero-order valence-corrected chi connectivity index (χ0v) is 20.5. The van der Waals surface area contributed by atoms with Gasteiger partial charge in [0, 0.05) is 36.9 Å². The Bertz CT molecular complexity index is 1070. The number of benzene rings is 1. The molecule has 2 aromatic rings. The average molecular weight is 467 g/mol. The second-order valence-corrected chi connectivity index (χ2v) is 9.31. The van der Waals surface area contributed by atoms with Crippen LogP contribution in [-0.2, 0) is 20.8 Å². The molecule has 1 aliphatic heterocycles. The molecule has 2 fully saturated rings. The number of nitrogens with zero attached hydrogens (tertiary/aromatic N) is 2. The largest absolute Gasteiger partial charge is 0.464 e. The van der Waals surface area contributed by atoms with Crippen molar-refractivity contribution in [2.24, 2.45) is 5.92 Å². The van der Waals surface area contributed by atoms with Gasteiger partial charge in [-0.1, -0.05) is 30.3 Å². The summed E-state index contributed by atoms with van der Waals surface area (Å²) in [7, 11) is 1.34. The maximum atomic E-state index is 13.6. The first kappa shape index (κ1) is 24.2. The van der Waals surface area contributed by atoms with E-state index in [2.05, 4.69) is 12.1 Å². The normalized spacial score (nSPS) is 21.4. The molecule has 2 unspecified atom stereocenters. The number of carbonyl (C=O) groups excluding carboxylic acids is 3. The van der Waals surface area contributed by atoms with Crippen LogP contribution in [0.25, 0.3) is 0 Å². The summed E-state index contributed by atoms with van der Waals surface area (Å²) in [6.45, 7) is 7.18. The van der Waals surface area contributed by atoms with Gasteiger partial charge in [0.15, 0.2) is 5.78 Å². The summed E-state index contributed by atoms with van der Waals surface area (Å²) in [6.07, 6.45) is 2.62. The number of rotatable bonds is 9. The molecule has 7 heteroatoms. The van der Waals surface area contributed by atoms with E-state index in [0.717, 1.165) is 25.0 Å². The van der Waals surface area contributed by atoms with E-state index in [1.54, 1.807) is 11.8 Å². The number of methoxy groups -OCH3 is 1. The molecule has 1 aromatic heterocycles. The van der Waals surface area contributed by atoms with E-state index in [1.165, 1.54) is 12.7 Å². The van der Waals surface area contributed by atoms with Crippen molar-refractivity contribution >= 4 is 17.7 Å². The predicted octanol–water partition coefficient (Wildman–Crippen LogP) is 3.91. The molecule has 0 N–H and O–H groups in total. The number of amides is 1. The highest BCUT2D eigenvalue weighted by Crippen LogP contribution is 2.48. The van der Waals surface area contributed by atoms with Crippen LogP contribution in [0.15, 0.2) is 30.3 Å². The molecule has 0 spiro atoms. The van der Waals surface area contributed by atoms with E-state index in [1.807, 2.05) is 36.6 Å². The minimum atomic E-state index is -0.461. The Morgan fingerprint density at radius 1 is 1.18 bits per heavy atom. The van der Waals surface area contributed by atoms with Crippen molar-refractivity contribution in [3.8, 4) is 0 Å². The van der Waals surface area contributed by atoms with Crippen LogP contribution in [0, 0.1) is 19.8 Å². The van der Waals surface area contributed by atoms with E-state index in [4.69, 9.17) is 9.47 Å². The van der Waals surface area contributed by atoms with Crippen LogP contribution in [0.1, 0.15) is 69.8 Å². The number of Topliss-reactive ketones (excluding diaryl/α,β-unsaturated/α-hetero) is 1. The predicted molar refractivity (Wildman–Crippen MR) is 128 cm³/mol. The van der Waals surface area contributed by atoms with Crippen molar-refractivity contribution in [3.05, 3.63) is 58.4 Å². The third kappa shape index (κ3) is 4.67. The number of esters is 1. The van der Waals surface area contributed by atoms with Crippen LogP contribution < -0.4 is 0 Å². The molecule has 7 nitrogen and oxygen atoms in total. The molecule has 34 heavy (non-hydrogen) atoms. The van der Waals surface area contributed by atoms with E-state index in [0.29, 0.717) is 36.5 Å². The van der Waals surface area contributed by atoms with Crippen LogP contribution in [0.4, 0.5) is 0 Å². The Labute approximate surface area is 201 Å². The van der Waals surface area contributed by atoms with E-state index in [9.17, 15) is 14.4 Å². The molecule has 1 aliphatic carbocycles. The van der Waals surface area contributed by atoms with Gasteiger partial charge in [-0.15, -0.1) is 0 Å². The van der Waals surface area contributed by atoms with Crippen molar-refractivity contribution in [1.82, 2.24) is 9.47 Å². The monoisotopic (exact) mass is 466 g/mol. The van der Waals surface area contributed by atoms with Gasteiger partial charge in [0.05, 0.1) is 19.8 Å². The topological polar surface area (TPSA) is 77.8 Å². The lowest BCUT2D eigenvalue weighted by Crippen LogP contribution is -2.42. The maximum absolute atomic E-state index is 13.6. The number of hydrogen-bond donors (Lipinski definition) is 0. The number of ketones is 1. The smallest absolute Gasteiger partial charge is 0.354 e. The molecule has 1 aromatic carbocycles. The molecule has 2 heterocycles. The fraction of sp³-hybridized carbons (Fsp3) is 0.519. The number of hydrogen-bond acceptors (Lipinski definition) is 5. The summed E-state index contributed by atoms with van der Waals surface area (Å²) >= 11 is 0. The lowest BCUT2D eigenvalue weighted by atomic mass is 10.0. The lowest BCUT2D eigenvalue weighted by Gasteiger charge is -2.25. The van der Waals surface area contributed by atoms with Gasteiger partial charge < -0.3 is 18.9 Å². The molecular weight excluding hydrogens is 432 g/mol. The molecule has 3 atom stereocenters. The van der Waals surface area contributed by atoms with Crippen molar-refractivity contribution in [1.29, 1.82) is 0 Å². The second-order valence-electron chi connectivity index (χ2n) is 9.31. The van der Waals surface area contributed by atoms with Gasteiger partial charge in [-0.3, -0.25) is 9.59 Å². The zero-order valence-electron chi connectivity index (χ0n) is 20.5. The molecule has 4 rings (SSSR count). The zero-order chi connectivity index (χ0) is 24.4. The van der Waals surface area contributed by atoms with Gasteiger partial charge >= 0.3 is 5.97 Å². The summed E-state index contributed by atoms with van der Waals surface area (Å²) in [5.41, 5.74) is 3.40. The molecule has 0 radical (unpaired) electrons. The van der Waals surface area contributed by atoms with Gasteiger partial charge in [-0.2, -0.15) is 0 Å². The molecular formula is C27H34N2O5. The van der Waals surface area contributed by atoms with Crippen molar-refractivity contribution in [2.45, 2.75) is 58.6 Å². The molecule has 2 aliphatic rings. The fourth-order valence-electron chi connectivity index (χ4n) is 5.35. The van der Waals surface area contributed by atoms with Crippen molar-refractivity contribution < 1.29 is 23.9 Å². The first-order chi connectivity index (χ1) is 16.4. The molecule has 1 saturated carbocycles. The first-order valence-electron chi connectivity index (χ1n) is 12.1. The first-order valence-corrected chi connectivity index (χ1v) is 12.1. The van der Waals surface area contributed by atoms with Gasteiger partial charge in [-0.05, 0) is 57.1 Å². The molecule has 1 saturated heterocycles. The van der Waals surface area contributed by atoms with Gasteiger partial charge in [-0.25, -0.2) is 4.79 Å². The minimum absolute atomic E-state index is 0.0103. The third-order valence-corrected chi connectivity index (χ3v) is 7.17. The molecule has 182 valence electrons. The fourth-order valence-corrected chi connectivity index (χ4v) is 5.35. The van der Waals surface area contributed by atoms with Crippen LogP contribution in [-0.4, -0.2) is 60.0 Å². The Kier molecular flexibility index (Phi) is 7.22. The molecule has 0 bridgehead atoms. The van der Waals surface area contributed by atoms with Crippen molar-refractivity contribution in [2.75, 3.05) is 26.8 Å². The third-order valence-electron chi connectivity index (χ3n) is 7.17. The summed E-state index contributed by atoms with van der Waals surface area (Å²) < 4.78 is 12.6. The molecule has 1 amide bonds. The summed E-state index contributed by atoms with van der Waals surface area (Å²) in [4.78, 5) is 41.2. The quantitative estimate of drug-likeness (QED) is 0.414. The van der Waals surface area contributed by atoms with Crippen LogP contribution in [0.2, 0.25) is 0 Å². The Hall–Kier alpha value is -2.93. The highest BCUT2D eigenvalue weighted by molar-refractivity contribution is 6.05. The number of carbonyl (C=O) groups is 3. The van der Waals surface area contributed by atoms with Gasteiger partial charge in [0.2, 0.25) is 5.91 Å². The second kappa shape index (κ2) is 10.1. The van der Waals surface area contributed by atoms with Crippen LogP contribution in [0.3, 0.4) is 0 Å². The maximum Gasteiger partial charge on any atom is 0.354 e. The Morgan fingerprint density at radius 3 is 2.53 bits per heavy atom. The standard InChI is InChI=1S/C27H34N2O5/c1-5-29-18(3)24(17(2)25(29)27(32)33-4)23(30)16-28(15-20-12-9-13-34-20)26(31)22-14-21(22)19-10-7-6-8-11-19/h6-8,10-11,20-22H,5,9,12-16H2,1-4H3/t20?,21-,22?/m0/s1. The highest BCUT2D eigenvalue weighted by Gasteiger charge is 2.46. The Balaban J connectivity index is 1.57. The summed E-state index contributed by atoms with van der Waals surface area (Å²) in [6, 6.07) is 10.1. The van der Waals surface area contributed by atoms with Crippen molar-refractivity contribution in [3.63, 3.8) is 0 Å². The SMILES string of the molecule is CCn1c(C)c(C(=O)CN(CC2CCCO2)C(=O)C2C[C@H]2c2ccccc2)c(C)c1C(=O)OC. The van der Waals surface area contributed by atoms with Crippen LogP contribution >= 0.6 is 0 Å². The van der Waals surface area contributed by atoms with E-state index in [-0.39, 0.29) is 36.2 Å². The average Bonchev–Trinajstić information content (AvgIpc) is 3.39. The van der Waals surface area contributed by atoms with E-state index < -0.39 is 5.97 Å². The summed E-state index contributed by atoms with van der Waals surface area (Å²) in [5.74, 6) is -0.514. The van der Waals surface area contributed by atoms with Gasteiger partial charge in [0.25, 0.3) is 0 Å². The van der Waals surface area contributed by atoms with Gasteiger partial charge in [0.1, 0.15) is 5.69 Å². The van der Waals surface area contributed by atoms with E-state index >= 15 is 0 Å². The minimum Gasteiger partial charge on any atom is -0.464 e. The Morgan fingerprint density at radius 2 is 1.91 bits per heavy atom. The number of aromatic nitrogens is 1.